The molecule has 0 spiro atoms. The Hall–Kier alpha value is -1.50. The van der Waals surface area contributed by atoms with Crippen LogP contribution in [0.5, 0.6) is 11.5 Å². The summed E-state index contributed by atoms with van der Waals surface area (Å²) in [5.41, 5.74) is 0.160. The van der Waals surface area contributed by atoms with Crippen LogP contribution in [0.3, 0.4) is 0 Å². The molecule has 0 aliphatic carbocycles. The smallest absolute Gasteiger partial charge is 0.387 e. The predicted octanol–water partition coefficient (Wildman–Crippen LogP) is 3.21. The van der Waals surface area contributed by atoms with Gasteiger partial charge in [-0.15, -0.1) is 0 Å². The van der Waals surface area contributed by atoms with E-state index in [1.165, 1.54) is 19.2 Å². The van der Waals surface area contributed by atoms with Gasteiger partial charge in [0.2, 0.25) is 0 Å². The molecule has 7 heteroatoms. The minimum atomic E-state index is -3.05. The van der Waals surface area contributed by atoms with Gasteiger partial charge in [-0.25, -0.2) is 8.78 Å². The molecule has 0 aliphatic rings. The summed E-state index contributed by atoms with van der Waals surface area (Å²) in [4.78, 5) is 0. The number of hydrogen-bond acceptors (Lipinski definition) is 3. The molecule has 1 rings (SSSR count). The van der Waals surface area contributed by atoms with E-state index < -0.39 is 19.1 Å². The highest BCUT2D eigenvalue weighted by Gasteiger charge is 2.23. The lowest BCUT2D eigenvalue weighted by Gasteiger charge is -2.19. The van der Waals surface area contributed by atoms with E-state index in [4.69, 9.17) is 4.74 Å². The summed E-state index contributed by atoms with van der Waals surface area (Å²) in [6, 6.07) is 2.59. The third kappa shape index (κ3) is 4.27. The van der Waals surface area contributed by atoms with Crippen molar-refractivity contribution < 1.29 is 27.0 Å². The molecule has 3 nitrogen and oxygen atoms in total. The fourth-order valence-electron chi connectivity index (χ4n) is 1.65. The first-order chi connectivity index (χ1) is 8.99. The second-order valence-electron chi connectivity index (χ2n) is 3.66. The van der Waals surface area contributed by atoms with Crippen molar-refractivity contribution in [3.8, 4) is 11.5 Å². The number of benzene rings is 1. The van der Waals surface area contributed by atoms with Crippen LogP contribution >= 0.6 is 0 Å². The van der Waals surface area contributed by atoms with Crippen LogP contribution in [0.1, 0.15) is 18.5 Å². The number of halogens is 4. The first-order valence-electron chi connectivity index (χ1n) is 5.63. The lowest BCUT2D eigenvalue weighted by Crippen LogP contribution is -2.27. The van der Waals surface area contributed by atoms with E-state index in [0.29, 0.717) is 6.54 Å². The van der Waals surface area contributed by atoms with E-state index in [2.05, 4.69) is 10.1 Å². The molecule has 0 heterocycles. The summed E-state index contributed by atoms with van der Waals surface area (Å²) in [5.74, 6) is -0.202. The number of nitrogens with one attached hydrogen (secondary N) is 1. The normalized spacial score (nSPS) is 12.8. The Balaban J connectivity index is 3.07. The largest absolute Gasteiger partial charge is 0.493 e. The van der Waals surface area contributed by atoms with Gasteiger partial charge in [-0.2, -0.15) is 8.78 Å². The molecule has 0 aliphatic heterocycles. The average Bonchev–Trinajstić information content (AvgIpc) is 2.34. The van der Waals surface area contributed by atoms with E-state index in [0.717, 1.165) is 6.07 Å². The van der Waals surface area contributed by atoms with Crippen LogP contribution in [0.2, 0.25) is 0 Å². The second kappa shape index (κ2) is 7.18. The molecule has 0 amide bonds. The Morgan fingerprint density at radius 3 is 2.32 bits per heavy atom. The third-order valence-electron chi connectivity index (χ3n) is 2.44. The minimum absolute atomic E-state index is 0.0635. The molecular formula is C12H15F4NO2. The quantitative estimate of drug-likeness (QED) is 0.778. The molecule has 19 heavy (non-hydrogen) atoms. The van der Waals surface area contributed by atoms with Crippen molar-refractivity contribution >= 4 is 0 Å². The highest BCUT2D eigenvalue weighted by Crippen LogP contribution is 2.33. The fraction of sp³-hybridized carbons (Fsp3) is 0.500. The Kier molecular flexibility index (Phi) is 5.88. The van der Waals surface area contributed by atoms with E-state index >= 15 is 0 Å². The predicted molar refractivity (Wildman–Crippen MR) is 62.0 cm³/mol. The van der Waals surface area contributed by atoms with Crippen molar-refractivity contribution in [2.24, 2.45) is 0 Å². The van der Waals surface area contributed by atoms with Gasteiger partial charge >= 0.3 is 6.61 Å². The van der Waals surface area contributed by atoms with Crippen LogP contribution < -0.4 is 14.8 Å². The lowest BCUT2D eigenvalue weighted by atomic mass is 10.1. The zero-order valence-electron chi connectivity index (χ0n) is 10.5. The Morgan fingerprint density at radius 2 is 1.84 bits per heavy atom. The molecular weight excluding hydrogens is 266 g/mol. The van der Waals surface area contributed by atoms with Gasteiger partial charge < -0.3 is 14.8 Å². The summed E-state index contributed by atoms with van der Waals surface area (Å²) in [6.45, 7) is -1.05. The number of rotatable bonds is 7. The molecule has 0 saturated heterocycles. The van der Waals surface area contributed by atoms with Crippen LogP contribution in [0.15, 0.2) is 18.2 Å². The molecule has 1 unspecified atom stereocenters. The highest BCUT2D eigenvalue weighted by atomic mass is 19.3. The zero-order valence-corrected chi connectivity index (χ0v) is 10.5. The standard InChI is InChI=1S/C12H15F4NO2/c1-3-17-10(11(13)14)7-4-5-8(18-2)9(6-7)19-12(15)16/h4-6,10-12,17H,3H2,1-2H3. The lowest BCUT2D eigenvalue weighted by molar-refractivity contribution is -0.0513. The van der Waals surface area contributed by atoms with Gasteiger partial charge in [0.1, 0.15) is 0 Å². The molecule has 108 valence electrons. The van der Waals surface area contributed by atoms with Gasteiger partial charge in [0, 0.05) is 0 Å². The van der Waals surface area contributed by atoms with Gasteiger partial charge in [-0.1, -0.05) is 13.0 Å². The molecule has 0 radical (unpaired) electrons. The monoisotopic (exact) mass is 281 g/mol. The topological polar surface area (TPSA) is 30.5 Å². The number of hydrogen-bond donors (Lipinski definition) is 1. The molecule has 1 aromatic rings. The zero-order chi connectivity index (χ0) is 14.4. The van der Waals surface area contributed by atoms with Crippen molar-refractivity contribution in [3.63, 3.8) is 0 Å². The van der Waals surface area contributed by atoms with Gasteiger partial charge in [-0.05, 0) is 24.2 Å². The van der Waals surface area contributed by atoms with Crippen LogP contribution in [0.4, 0.5) is 17.6 Å². The van der Waals surface area contributed by atoms with Crippen LogP contribution in [0, 0.1) is 0 Å². The molecule has 0 aromatic heterocycles. The average molecular weight is 281 g/mol. The van der Waals surface area contributed by atoms with Crippen molar-refractivity contribution in [3.05, 3.63) is 23.8 Å². The summed E-state index contributed by atoms with van der Waals surface area (Å²) in [7, 11) is 1.28. The first kappa shape index (κ1) is 15.6. The Morgan fingerprint density at radius 1 is 1.16 bits per heavy atom. The van der Waals surface area contributed by atoms with Crippen molar-refractivity contribution in [2.45, 2.75) is 26.0 Å². The van der Waals surface area contributed by atoms with Gasteiger partial charge in [0.05, 0.1) is 13.2 Å². The minimum Gasteiger partial charge on any atom is -0.493 e. The summed E-state index contributed by atoms with van der Waals surface area (Å²) < 4.78 is 59.3. The maximum Gasteiger partial charge on any atom is 0.387 e. The fourth-order valence-corrected chi connectivity index (χ4v) is 1.65. The van der Waals surface area contributed by atoms with Crippen LogP contribution in [0.25, 0.3) is 0 Å². The van der Waals surface area contributed by atoms with Crippen LogP contribution in [-0.2, 0) is 0 Å². The summed E-state index contributed by atoms with van der Waals surface area (Å²) in [5, 5.41) is 2.58. The van der Waals surface area contributed by atoms with Gasteiger partial charge in [0.15, 0.2) is 11.5 Å². The summed E-state index contributed by atoms with van der Waals surface area (Å²) >= 11 is 0. The Bertz CT molecular complexity index is 401. The number of methoxy groups -OCH3 is 1. The number of alkyl halides is 4. The van der Waals surface area contributed by atoms with Crippen molar-refractivity contribution in [1.29, 1.82) is 0 Å². The van der Waals surface area contributed by atoms with Crippen molar-refractivity contribution in [1.82, 2.24) is 5.32 Å². The summed E-state index contributed by atoms with van der Waals surface area (Å²) in [6.07, 6.45) is -2.66. The van der Waals surface area contributed by atoms with Gasteiger partial charge in [0.25, 0.3) is 6.43 Å². The van der Waals surface area contributed by atoms with Crippen molar-refractivity contribution in [2.75, 3.05) is 13.7 Å². The first-order valence-corrected chi connectivity index (χ1v) is 5.63. The molecule has 1 atom stereocenters. The molecule has 0 fully saturated rings. The maximum absolute atomic E-state index is 12.9. The van der Waals surface area contributed by atoms with Crippen LogP contribution in [-0.4, -0.2) is 26.7 Å². The van der Waals surface area contributed by atoms with E-state index in [-0.39, 0.29) is 17.1 Å². The third-order valence-corrected chi connectivity index (χ3v) is 2.44. The van der Waals surface area contributed by atoms with E-state index in [1.54, 1.807) is 6.92 Å². The van der Waals surface area contributed by atoms with E-state index in [9.17, 15) is 17.6 Å². The SMILES string of the molecule is CCNC(c1ccc(OC)c(OC(F)F)c1)C(F)F. The van der Waals surface area contributed by atoms with E-state index in [1.807, 2.05) is 0 Å². The Labute approximate surface area is 108 Å². The molecule has 0 bridgehead atoms. The number of ether oxygens (including phenoxy) is 2. The maximum atomic E-state index is 12.9. The second-order valence-corrected chi connectivity index (χ2v) is 3.66. The van der Waals surface area contributed by atoms with Gasteiger partial charge in [-0.3, -0.25) is 0 Å². The molecule has 1 aromatic carbocycles. The highest BCUT2D eigenvalue weighted by molar-refractivity contribution is 5.44. The molecule has 0 saturated carbocycles. The molecule has 1 N–H and O–H groups in total.